The molecule has 1 heterocycles. The van der Waals surface area contributed by atoms with E-state index in [4.69, 9.17) is 9.47 Å². The lowest BCUT2D eigenvalue weighted by molar-refractivity contribution is -0.386. The normalized spacial score (nSPS) is 10.8. The molecule has 32 heavy (non-hydrogen) atoms. The van der Waals surface area contributed by atoms with E-state index < -0.39 is 26.8 Å². The van der Waals surface area contributed by atoms with Crippen LogP contribution in [0.15, 0.2) is 52.1 Å². The Balaban J connectivity index is 1.85. The van der Waals surface area contributed by atoms with Crippen molar-refractivity contribution < 1.29 is 19.3 Å². The Morgan fingerprint density at radius 2 is 1.72 bits per heavy atom. The highest BCUT2D eigenvalue weighted by Crippen LogP contribution is 2.30. The predicted octanol–water partition coefficient (Wildman–Crippen LogP) is 2.64. The van der Waals surface area contributed by atoms with Crippen LogP contribution in [0.3, 0.4) is 0 Å². The molecule has 2 aromatic carbocycles. The average Bonchev–Trinajstić information content (AvgIpc) is 2.75. The van der Waals surface area contributed by atoms with Crippen molar-refractivity contribution in [2.75, 3.05) is 7.11 Å². The van der Waals surface area contributed by atoms with E-state index in [1.807, 2.05) is 0 Å². The number of benzene rings is 2. The first-order valence-electron chi connectivity index (χ1n) is 9.02. The summed E-state index contributed by atoms with van der Waals surface area (Å²) in [6, 6.07) is 10.9. The standard InChI is InChI=1S/C20H16N4O8/c1-31-17-10-12(6-8-14-18(24(29)30)19(25)22-20(26)21-14)7-9-16(17)32-11-13-4-2-3-5-15(13)23(27)28/h2-10H,11H2,1H3,(H2,21,22,25,26). The topological polar surface area (TPSA) is 170 Å². The Bertz CT molecular complexity index is 1330. The van der Waals surface area contributed by atoms with Gasteiger partial charge >= 0.3 is 16.9 Å². The molecule has 1 aromatic heterocycles. The number of methoxy groups -OCH3 is 1. The van der Waals surface area contributed by atoms with Crippen molar-refractivity contribution in [3.05, 3.63) is 100 Å². The molecule has 0 fully saturated rings. The van der Waals surface area contributed by atoms with Gasteiger partial charge in [0, 0.05) is 6.07 Å². The van der Waals surface area contributed by atoms with Crippen molar-refractivity contribution in [2.24, 2.45) is 0 Å². The molecule has 0 aliphatic rings. The van der Waals surface area contributed by atoms with Gasteiger partial charge in [0.1, 0.15) is 12.3 Å². The monoisotopic (exact) mass is 440 g/mol. The van der Waals surface area contributed by atoms with E-state index in [9.17, 15) is 29.8 Å². The van der Waals surface area contributed by atoms with Gasteiger partial charge in [-0.2, -0.15) is 0 Å². The number of aromatic amines is 2. The van der Waals surface area contributed by atoms with Gasteiger partial charge < -0.3 is 14.5 Å². The molecule has 0 aliphatic heterocycles. The van der Waals surface area contributed by atoms with Gasteiger partial charge in [0.2, 0.25) is 0 Å². The third kappa shape index (κ3) is 4.87. The first-order chi connectivity index (χ1) is 15.3. The van der Waals surface area contributed by atoms with Crippen LogP contribution >= 0.6 is 0 Å². The Kier molecular flexibility index (Phi) is 6.44. The van der Waals surface area contributed by atoms with E-state index in [1.54, 1.807) is 41.4 Å². The van der Waals surface area contributed by atoms with E-state index >= 15 is 0 Å². The van der Waals surface area contributed by atoms with Crippen molar-refractivity contribution in [1.29, 1.82) is 0 Å². The zero-order valence-electron chi connectivity index (χ0n) is 16.6. The van der Waals surface area contributed by atoms with Gasteiger partial charge in [-0.05, 0) is 29.8 Å². The lowest BCUT2D eigenvalue weighted by atomic mass is 10.1. The largest absolute Gasteiger partial charge is 0.493 e. The molecule has 0 atom stereocenters. The summed E-state index contributed by atoms with van der Waals surface area (Å²) >= 11 is 0. The highest BCUT2D eigenvalue weighted by Gasteiger charge is 2.19. The highest BCUT2D eigenvalue weighted by atomic mass is 16.6. The van der Waals surface area contributed by atoms with Gasteiger partial charge in [0.15, 0.2) is 11.5 Å². The molecule has 0 amide bonds. The number of nitro groups is 2. The second-order valence-corrected chi connectivity index (χ2v) is 6.35. The van der Waals surface area contributed by atoms with Crippen molar-refractivity contribution >= 4 is 23.5 Å². The fourth-order valence-electron chi connectivity index (χ4n) is 2.85. The summed E-state index contributed by atoms with van der Waals surface area (Å²) < 4.78 is 11.0. The SMILES string of the molecule is COc1cc(C=Cc2[nH]c(=O)[nH]c(=O)c2[N+](=O)[O-])ccc1OCc1ccccc1[N+](=O)[O-]. The van der Waals surface area contributed by atoms with Crippen LogP contribution in [-0.2, 0) is 6.61 Å². The van der Waals surface area contributed by atoms with Crippen LogP contribution in [-0.4, -0.2) is 26.9 Å². The van der Waals surface area contributed by atoms with Gasteiger partial charge in [-0.1, -0.05) is 24.3 Å². The van der Waals surface area contributed by atoms with E-state index in [1.165, 1.54) is 25.3 Å². The van der Waals surface area contributed by atoms with Crippen LogP contribution in [0.4, 0.5) is 11.4 Å². The minimum Gasteiger partial charge on any atom is -0.493 e. The van der Waals surface area contributed by atoms with Crippen LogP contribution in [0, 0.1) is 20.2 Å². The molecule has 12 nitrogen and oxygen atoms in total. The van der Waals surface area contributed by atoms with Crippen molar-refractivity contribution in [2.45, 2.75) is 6.61 Å². The number of nitrogens with one attached hydrogen (secondary N) is 2. The van der Waals surface area contributed by atoms with E-state index in [0.29, 0.717) is 22.6 Å². The summed E-state index contributed by atoms with van der Waals surface area (Å²) in [6.07, 6.45) is 2.66. The molecule has 0 radical (unpaired) electrons. The Morgan fingerprint density at radius 3 is 2.41 bits per heavy atom. The van der Waals surface area contributed by atoms with Gasteiger partial charge in [-0.3, -0.25) is 30.0 Å². The summed E-state index contributed by atoms with van der Waals surface area (Å²) in [4.78, 5) is 48.0. The zero-order valence-corrected chi connectivity index (χ0v) is 16.6. The third-order valence-electron chi connectivity index (χ3n) is 4.33. The molecule has 0 bridgehead atoms. The van der Waals surface area contributed by atoms with Gasteiger partial charge in [-0.15, -0.1) is 0 Å². The molecule has 2 N–H and O–H groups in total. The van der Waals surface area contributed by atoms with Crippen LogP contribution < -0.4 is 20.7 Å². The second kappa shape index (κ2) is 9.38. The lowest BCUT2D eigenvalue weighted by Crippen LogP contribution is -2.25. The van der Waals surface area contributed by atoms with Crippen molar-refractivity contribution in [3.8, 4) is 11.5 Å². The molecular formula is C20H16N4O8. The number of ether oxygens (including phenoxy) is 2. The Morgan fingerprint density at radius 1 is 0.969 bits per heavy atom. The maximum Gasteiger partial charge on any atom is 0.357 e. The second-order valence-electron chi connectivity index (χ2n) is 6.35. The number of hydrogen-bond donors (Lipinski definition) is 2. The maximum absolute atomic E-state index is 11.7. The first kappa shape index (κ1) is 22.0. The van der Waals surface area contributed by atoms with E-state index in [2.05, 4.69) is 4.98 Å². The van der Waals surface area contributed by atoms with Crippen LogP contribution in [0.2, 0.25) is 0 Å². The van der Waals surface area contributed by atoms with Crippen LogP contribution in [0.25, 0.3) is 12.2 Å². The van der Waals surface area contributed by atoms with Gasteiger partial charge in [0.25, 0.3) is 5.69 Å². The lowest BCUT2D eigenvalue weighted by Gasteiger charge is -2.11. The average molecular weight is 440 g/mol. The minimum absolute atomic E-state index is 0.0665. The minimum atomic E-state index is -1.12. The number of aromatic nitrogens is 2. The number of nitro benzene ring substituents is 1. The smallest absolute Gasteiger partial charge is 0.357 e. The van der Waals surface area contributed by atoms with E-state index in [-0.39, 0.29) is 18.0 Å². The molecule has 164 valence electrons. The number of nitrogens with zero attached hydrogens (tertiary/aromatic N) is 2. The van der Waals surface area contributed by atoms with Crippen LogP contribution in [0.5, 0.6) is 11.5 Å². The van der Waals surface area contributed by atoms with Crippen LogP contribution in [0.1, 0.15) is 16.8 Å². The molecule has 3 rings (SSSR count). The molecular weight excluding hydrogens is 424 g/mol. The van der Waals surface area contributed by atoms with E-state index in [0.717, 1.165) is 0 Å². The third-order valence-corrected chi connectivity index (χ3v) is 4.33. The molecule has 0 saturated carbocycles. The number of rotatable bonds is 8. The molecule has 0 saturated heterocycles. The maximum atomic E-state index is 11.7. The highest BCUT2D eigenvalue weighted by molar-refractivity contribution is 5.72. The number of hydrogen-bond acceptors (Lipinski definition) is 8. The quantitative estimate of drug-likeness (QED) is 0.397. The number of H-pyrrole nitrogens is 2. The summed E-state index contributed by atoms with van der Waals surface area (Å²) in [5.74, 6) is 0.623. The first-order valence-corrected chi connectivity index (χ1v) is 9.02. The van der Waals surface area contributed by atoms with Gasteiger partial charge in [0.05, 0.1) is 22.5 Å². The Labute approximate surface area is 179 Å². The predicted molar refractivity (Wildman–Crippen MR) is 114 cm³/mol. The summed E-state index contributed by atoms with van der Waals surface area (Å²) in [6.45, 7) is -0.0665. The van der Waals surface area contributed by atoms with Crippen molar-refractivity contribution in [1.82, 2.24) is 9.97 Å². The molecule has 0 spiro atoms. The molecule has 0 aliphatic carbocycles. The fraction of sp³-hybridized carbons (Fsp3) is 0.100. The zero-order chi connectivity index (χ0) is 23.3. The fourth-order valence-corrected chi connectivity index (χ4v) is 2.85. The molecule has 3 aromatic rings. The molecule has 12 heteroatoms. The van der Waals surface area contributed by atoms with Gasteiger partial charge in [-0.25, -0.2) is 4.79 Å². The summed E-state index contributed by atoms with van der Waals surface area (Å²) in [7, 11) is 1.40. The number of para-hydroxylation sites is 1. The molecule has 0 unspecified atom stereocenters. The summed E-state index contributed by atoms with van der Waals surface area (Å²) in [5.41, 5.74) is -2.22. The Hall–Kier alpha value is -4.74. The van der Waals surface area contributed by atoms with Crippen molar-refractivity contribution in [3.63, 3.8) is 0 Å². The summed E-state index contributed by atoms with van der Waals surface area (Å²) in [5, 5.41) is 22.2.